The summed E-state index contributed by atoms with van der Waals surface area (Å²) in [5.41, 5.74) is 2.17. The smallest absolute Gasteiger partial charge is 0.421 e. The Morgan fingerprint density at radius 1 is 0.786 bits per heavy atom. The molecule has 0 radical (unpaired) electrons. The minimum absolute atomic E-state index is 0.0926. The molecule has 6 aromatic carbocycles. The second-order valence-electron chi connectivity index (χ2n) is 17.5. The van der Waals surface area contributed by atoms with Crippen LogP contribution in [0.2, 0.25) is 0 Å². The summed E-state index contributed by atoms with van der Waals surface area (Å²) >= 11 is 0. The molecule has 6 atom stereocenters. The molecule has 356 valence electrons. The molecule has 6 aromatic rings. The number of hydrogen-bond donors (Lipinski definition) is 1. The van der Waals surface area contributed by atoms with Crippen molar-refractivity contribution >= 4 is 35.3 Å². The quantitative estimate of drug-likeness (QED) is 0.0720. The van der Waals surface area contributed by atoms with Crippen LogP contribution in [0.1, 0.15) is 57.1 Å². The van der Waals surface area contributed by atoms with Crippen LogP contribution < -0.4 is 19.1 Å². The van der Waals surface area contributed by atoms with Crippen molar-refractivity contribution in [1.82, 2.24) is 9.80 Å². The molecule has 4 heterocycles. The molecule has 0 saturated carbocycles. The molecule has 16 heteroatoms. The second kappa shape index (κ2) is 18.8. The number of non-ortho nitro benzene ring substituents is 1. The number of fused-ring (bicyclic) bond motifs is 4. The number of morpholine rings is 1. The lowest BCUT2D eigenvalue weighted by atomic mass is 9.65. The van der Waals surface area contributed by atoms with E-state index < -0.39 is 64.4 Å². The van der Waals surface area contributed by atoms with Crippen LogP contribution in [0.5, 0.6) is 17.2 Å². The zero-order chi connectivity index (χ0) is 48.7. The summed E-state index contributed by atoms with van der Waals surface area (Å²) in [7, 11) is 3.08. The van der Waals surface area contributed by atoms with Gasteiger partial charge in [0.2, 0.25) is 11.8 Å². The molecule has 16 nitrogen and oxygen atoms in total. The summed E-state index contributed by atoms with van der Waals surface area (Å²) in [5.74, 6) is -2.35. The molecule has 2 saturated heterocycles. The summed E-state index contributed by atoms with van der Waals surface area (Å²) in [6.07, 6.45) is -1.61. The van der Waals surface area contributed by atoms with Crippen molar-refractivity contribution in [2.75, 3.05) is 38.9 Å². The maximum atomic E-state index is 16.6. The van der Waals surface area contributed by atoms with Gasteiger partial charge in [-0.1, -0.05) is 97.1 Å². The van der Waals surface area contributed by atoms with E-state index in [0.29, 0.717) is 40.2 Å². The van der Waals surface area contributed by atoms with E-state index in [0.717, 1.165) is 21.6 Å². The molecule has 1 N–H and O–H groups in total. The molecule has 10 rings (SSSR count). The largest absolute Gasteiger partial charge is 0.493 e. The number of imide groups is 1. The third kappa shape index (κ3) is 7.56. The number of amides is 3. The highest BCUT2D eigenvalue weighted by molar-refractivity contribution is 6.23. The number of esters is 1. The lowest BCUT2D eigenvalue weighted by Crippen LogP contribution is -2.57. The van der Waals surface area contributed by atoms with Gasteiger partial charge in [0.05, 0.1) is 49.4 Å². The first-order valence-corrected chi connectivity index (χ1v) is 22.9. The third-order valence-corrected chi connectivity index (χ3v) is 13.9. The van der Waals surface area contributed by atoms with Gasteiger partial charge in [0.15, 0.2) is 11.5 Å². The van der Waals surface area contributed by atoms with Crippen molar-refractivity contribution in [3.63, 3.8) is 0 Å². The predicted octanol–water partition coefficient (Wildman–Crippen LogP) is 7.57. The number of aliphatic hydroxyl groups is 1. The van der Waals surface area contributed by atoms with Gasteiger partial charge in [0, 0.05) is 30.8 Å². The monoisotopic (exact) mass is 944 g/mol. The highest BCUT2D eigenvalue weighted by atomic mass is 16.6. The molecule has 4 aliphatic heterocycles. The predicted molar refractivity (Wildman–Crippen MR) is 253 cm³/mol. The number of aliphatic hydroxyl groups excluding tert-OH is 1. The van der Waals surface area contributed by atoms with E-state index in [9.17, 15) is 20.0 Å². The van der Waals surface area contributed by atoms with Gasteiger partial charge < -0.3 is 33.7 Å². The zero-order valence-electron chi connectivity index (χ0n) is 38.2. The number of nitrogens with zero attached hydrogens (tertiary/aromatic N) is 4. The first kappa shape index (κ1) is 45.7. The van der Waals surface area contributed by atoms with Gasteiger partial charge >= 0.3 is 12.1 Å². The molecular weight excluding hydrogens is 897 g/mol. The van der Waals surface area contributed by atoms with Gasteiger partial charge in [-0.3, -0.25) is 29.4 Å². The van der Waals surface area contributed by atoms with Gasteiger partial charge in [-0.05, 0) is 76.2 Å². The summed E-state index contributed by atoms with van der Waals surface area (Å²) in [6, 6.07) is 38.2. The number of methoxy groups -OCH3 is 2. The van der Waals surface area contributed by atoms with E-state index >= 15 is 14.4 Å². The van der Waals surface area contributed by atoms with E-state index in [1.54, 1.807) is 60.5 Å². The molecule has 0 bridgehead atoms. The van der Waals surface area contributed by atoms with Crippen LogP contribution in [0, 0.1) is 16.0 Å². The van der Waals surface area contributed by atoms with Gasteiger partial charge in [0.1, 0.15) is 36.5 Å². The van der Waals surface area contributed by atoms with Crippen molar-refractivity contribution in [2.45, 2.75) is 49.2 Å². The molecular formula is C54H48N4O12. The van der Waals surface area contributed by atoms with Gasteiger partial charge in [-0.2, -0.15) is 0 Å². The summed E-state index contributed by atoms with van der Waals surface area (Å²) < 4.78 is 30.1. The van der Waals surface area contributed by atoms with Crippen molar-refractivity contribution < 1.29 is 52.9 Å². The molecule has 70 heavy (non-hydrogen) atoms. The number of carbonyl (C=O) groups is 4. The van der Waals surface area contributed by atoms with Crippen molar-refractivity contribution in [1.29, 1.82) is 0 Å². The molecule has 3 amide bonds. The minimum Gasteiger partial charge on any atom is -0.493 e. The van der Waals surface area contributed by atoms with Crippen LogP contribution >= 0.6 is 0 Å². The van der Waals surface area contributed by atoms with E-state index in [1.165, 1.54) is 31.4 Å². The number of hydrogen-bond acceptors (Lipinski definition) is 13. The maximum Gasteiger partial charge on any atom is 0.421 e. The Morgan fingerprint density at radius 3 is 2.11 bits per heavy atom. The number of rotatable bonds is 12. The van der Waals surface area contributed by atoms with Crippen molar-refractivity contribution in [3.05, 3.63) is 195 Å². The Kier molecular flexibility index (Phi) is 12.3. The zero-order valence-corrected chi connectivity index (χ0v) is 38.2. The fraction of sp³-hybridized carbons (Fsp3) is 0.259. The van der Waals surface area contributed by atoms with Gasteiger partial charge in [-0.25, -0.2) is 9.69 Å². The Bertz CT molecular complexity index is 2990. The molecule has 4 aliphatic rings. The highest BCUT2D eigenvalue weighted by Gasteiger charge is 2.76. The van der Waals surface area contributed by atoms with E-state index in [2.05, 4.69) is 0 Å². The van der Waals surface area contributed by atoms with Crippen LogP contribution in [0.3, 0.4) is 0 Å². The molecule has 0 unspecified atom stereocenters. The maximum absolute atomic E-state index is 16.6. The second-order valence-corrected chi connectivity index (χ2v) is 17.5. The van der Waals surface area contributed by atoms with E-state index in [4.69, 9.17) is 23.7 Å². The Hall–Kier alpha value is -8.08. The fourth-order valence-corrected chi connectivity index (χ4v) is 11.0. The topological polar surface area (TPSA) is 188 Å². The van der Waals surface area contributed by atoms with E-state index in [1.807, 2.05) is 77.7 Å². The lowest BCUT2D eigenvalue weighted by Gasteiger charge is -2.46. The normalized spacial score (nSPS) is 22.4. The lowest BCUT2D eigenvalue weighted by molar-refractivity contribution is -0.384. The number of carbonyl (C=O) groups excluding carboxylic acids is 4. The van der Waals surface area contributed by atoms with Crippen molar-refractivity contribution in [2.24, 2.45) is 5.92 Å². The Morgan fingerprint density at radius 2 is 1.43 bits per heavy atom. The standard InChI is InChI=1S/C54H48N4O12/c1-66-43-29-36-25-26-55(31-37(36)30-44(43)67-2)50(60)45-47-51(61)70-48(35-15-7-4-8-16-35)46(34-13-5-3-6-14-34)57(47)49(39-17-9-12-20-42(39)68-28-27-59)54(45)40-18-10-11-19-41(40)56(52(54)62)53(63)69-32-33-21-23-38(24-22-33)58(64)65/h3-24,29-30,45-49,59H,25-28,31-32H2,1-2H3/t45-,46-,47-,48+,49+,54-/m1/s1. The molecule has 1 spiro atoms. The first-order valence-electron chi connectivity index (χ1n) is 22.9. The number of benzene rings is 6. The van der Waals surface area contributed by atoms with Crippen molar-refractivity contribution in [3.8, 4) is 17.2 Å². The first-order chi connectivity index (χ1) is 34.1. The summed E-state index contributed by atoms with van der Waals surface area (Å²) in [4.78, 5) is 78.6. The van der Waals surface area contributed by atoms with Gasteiger partial charge in [-0.15, -0.1) is 0 Å². The Labute approximate surface area is 402 Å². The average Bonchev–Trinajstić information content (AvgIpc) is 3.85. The number of cyclic esters (lactones) is 1. The van der Waals surface area contributed by atoms with Gasteiger partial charge in [0.25, 0.3) is 5.69 Å². The fourth-order valence-electron chi connectivity index (χ4n) is 11.0. The highest BCUT2D eigenvalue weighted by Crippen LogP contribution is 2.67. The van der Waals surface area contributed by atoms with Crippen LogP contribution in [-0.2, 0) is 48.8 Å². The number of ether oxygens (including phenoxy) is 5. The number of nitro benzene ring substituents is 1. The molecule has 2 fully saturated rings. The number of nitro groups is 1. The third-order valence-electron chi connectivity index (χ3n) is 13.9. The van der Waals surface area contributed by atoms with Crippen LogP contribution in [-0.4, -0.2) is 83.7 Å². The summed E-state index contributed by atoms with van der Waals surface area (Å²) in [6.45, 7) is -0.504. The Balaban J connectivity index is 1.21. The molecule has 0 aromatic heterocycles. The SMILES string of the molecule is COc1cc2c(cc1OC)CN(C(=O)[C@H]1[C@@H]3C(=O)O[C@@H](c4ccccc4)[C@@H](c4ccccc4)N3[C@@H](c3ccccc3OCCO)[C@]13C(=O)N(C(=O)OCc1ccc([N+](=O)[O-])cc1)c1ccccc13)CC2. The van der Waals surface area contributed by atoms with Crippen LogP contribution in [0.4, 0.5) is 16.2 Å². The average molecular weight is 945 g/mol. The minimum atomic E-state index is -2.07. The van der Waals surface area contributed by atoms with Crippen LogP contribution in [0.15, 0.2) is 146 Å². The number of para-hydroxylation sites is 2. The summed E-state index contributed by atoms with van der Waals surface area (Å²) in [5, 5.41) is 21.5. The molecule has 0 aliphatic carbocycles. The van der Waals surface area contributed by atoms with Crippen LogP contribution in [0.25, 0.3) is 0 Å². The van der Waals surface area contributed by atoms with E-state index in [-0.39, 0.29) is 50.0 Å². The number of anilines is 1.